The second-order valence-electron chi connectivity index (χ2n) is 5.02. The van der Waals surface area contributed by atoms with Crippen molar-refractivity contribution in [3.63, 3.8) is 0 Å². The molecule has 0 spiro atoms. The Hall–Kier alpha value is -2.42. The Bertz CT molecular complexity index is 554. The largest absolute Gasteiger partial charge is 0.461 e. The molecule has 22 heavy (non-hydrogen) atoms. The molecule has 114 valence electrons. The lowest BCUT2D eigenvalue weighted by Crippen LogP contribution is -2.08. The first-order valence-corrected chi connectivity index (χ1v) is 7.61. The summed E-state index contributed by atoms with van der Waals surface area (Å²) in [7, 11) is 0. The number of esters is 1. The highest BCUT2D eigenvalue weighted by atomic mass is 16.5. The summed E-state index contributed by atoms with van der Waals surface area (Å²) in [5.41, 5.74) is 2.10. The van der Waals surface area contributed by atoms with Crippen LogP contribution in [0.2, 0.25) is 0 Å². The van der Waals surface area contributed by atoms with E-state index in [0.717, 1.165) is 24.0 Å². The minimum Gasteiger partial charge on any atom is -0.461 e. The Morgan fingerprint density at radius 1 is 1.05 bits per heavy atom. The van der Waals surface area contributed by atoms with Crippen LogP contribution in [-0.2, 0) is 9.53 Å². The number of benzene rings is 2. The number of aliphatic imine (C=N–C) groups is 1. The van der Waals surface area contributed by atoms with Crippen LogP contribution in [0.1, 0.15) is 36.9 Å². The lowest BCUT2D eigenvalue weighted by Gasteiger charge is -2.13. The molecule has 3 nitrogen and oxygen atoms in total. The topological polar surface area (TPSA) is 38.7 Å². The van der Waals surface area contributed by atoms with E-state index < -0.39 is 0 Å². The van der Waals surface area contributed by atoms with Gasteiger partial charge in [-0.05, 0) is 17.5 Å². The third-order valence-corrected chi connectivity index (χ3v) is 3.30. The maximum Gasteiger partial charge on any atom is 0.348 e. The molecule has 0 unspecified atom stereocenters. The number of nitrogens with zero attached hydrogens (tertiary/aromatic N) is 1. The molecule has 3 heteroatoms. The maximum absolute atomic E-state index is 11.7. The predicted octanol–water partition coefficient (Wildman–Crippen LogP) is 4.19. The molecule has 0 heterocycles. The summed E-state index contributed by atoms with van der Waals surface area (Å²) in [6.07, 6.45) is 3.17. The summed E-state index contributed by atoms with van der Waals surface area (Å²) < 4.78 is 5.12. The number of carbonyl (C=O) groups is 1. The molecule has 0 N–H and O–H groups in total. The Morgan fingerprint density at radius 3 is 2.09 bits per heavy atom. The lowest BCUT2D eigenvalue weighted by molar-refractivity contribution is -0.135. The van der Waals surface area contributed by atoms with Crippen molar-refractivity contribution in [1.82, 2.24) is 0 Å². The highest BCUT2D eigenvalue weighted by molar-refractivity contribution is 6.23. The zero-order chi connectivity index (χ0) is 15.6. The first-order valence-electron chi connectivity index (χ1n) is 7.61. The number of hydrogen-bond donors (Lipinski definition) is 0. The summed E-state index contributed by atoms with van der Waals surface area (Å²) in [5, 5.41) is 0. The normalized spacial score (nSPS) is 11.0. The number of ether oxygens (including phenoxy) is 1. The molecule has 0 aliphatic carbocycles. The van der Waals surface area contributed by atoms with Gasteiger partial charge in [-0.3, -0.25) is 4.99 Å². The fourth-order valence-corrected chi connectivity index (χ4v) is 2.13. The van der Waals surface area contributed by atoms with E-state index >= 15 is 0 Å². The second kappa shape index (κ2) is 8.78. The summed E-state index contributed by atoms with van der Waals surface area (Å²) in [4.78, 5) is 16.2. The van der Waals surface area contributed by atoms with E-state index in [0.29, 0.717) is 6.61 Å². The average molecular weight is 295 g/mol. The van der Waals surface area contributed by atoms with Crippen LogP contribution in [0.15, 0.2) is 65.7 Å². The highest BCUT2D eigenvalue weighted by Gasteiger charge is 2.12. The van der Waals surface area contributed by atoms with Crippen molar-refractivity contribution in [3.05, 3.63) is 71.8 Å². The van der Waals surface area contributed by atoms with Gasteiger partial charge < -0.3 is 4.74 Å². The molecule has 0 aliphatic rings. The lowest BCUT2D eigenvalue weighted by atomic mass is 9.99. The molecule has 0 atom stereocenters. The molecular formula is C19H21NO2. The van der Waals surface area contributed by atoms with E-state index in [2.05, 4.69) is 11.9 Å². The zero-order valence-corrected chi connectivity index (χ0v) is 12.8. The average Bonchev–Trinajstić information content (AvgIpc) is 2.57. The van der Waals surface area contributed by atoms with E-state index in [1.54, 1.807) is 0 Å². The van der Waals surface area contributed by atoms with Crippen LogP contribution >= 0.6 is 0 Å². The van der Waals surface area contributed by atoms with Crippen molar-refractivity contribution in [3.8, 4) is 0 Å². The van der Waals surface area contributed by atoms with Crippen LogP contribution in [-0.4, -0.2) is 18.8 Å². The van der Waals surface area contributed by atoms with Crippen LogP contribution in [0.3, 0.4) is 0 Å². The zero-order valence-electron chi connectivity index (χ0n) is 12.8. The van der Waals surface area contributed by atoms with Crippen molar-refractivity contribution in [2.24, 2.45) is 4.99 Å². The molecule has 0 saturated carbocycles. The van der Waals surface area contributed by atoms with Crippen LogP contribution < -0.4 is 0 Å². The fourth-order valence-electron chi connectivity index (χ4n) is 2.13. The van der Waals surface area contributed by atoms with Gasteiger partial charge in [0.2, 0.25) is 0 Å². The first kappa shape index (κ1) is 16.0. The van der Waals surface area contributed by atoms with Crippen molar-refractivity contribution in [1.29, 1.82) is 0 Å². The molecule has 0 radical (unpaired) electrons. The Labute approximate surface area is 131 Å². The number of carbonyl (C=O) groups excluding carboxylic acids is 1. The van der Waals surface area contributed by atoms with Gasteiger partial charge in [0.15, 0.2) is 0 Å². The van der Waals surface area contributed by atoms with Crippen molar-refractivity contribution < 1.29 is 9.53 Å². The second-order valence-corrected chi connectivity index (χ2v) is 5.02. The standard InChI is InChI=1S/C19H21NO2/c1-2-3-14-22-18(21)15-20-19(16-10-6-4-7-11-16)17-12-8-5-9-13-17/h4-13,15,19H,2-3,14H2,1H3. The van der Waals surface area contributed by atoms with Gasteiger partial charge in [-0.15, -0.1) is 0 Å². The minimum absolute atomic E-state index is 0.193. The fraction of sp³-hybridized carbons (Fsp3) is 0.263. The number of rotatable bonds is 7. The first-order chi connectivity index (χ1) is 10.8. The van der Waals surface area contributed by atoms with E-state index in [1.807, 2.05) is 60.7 Å². The van der Waals surface area contributed by atoms with Gasteiger partial charge in [0.05, 0.1) is 6.61 Å². The van der Waals surface area contributed by atoms with E-state index in [-0.39, 0.29) is 12.0 Å². The third kappa shape index (κ3) is 4.85. The van der Waals surface area contributed by atoms with Gasteiger partial charge >= 0.3 is 5.97 Å². The quantitative estimate of drug-likeness (QED) is 0.436. The number of hydrogen-bond acceptors (Lipinski definition) is 3. The van der Waals surface area contributed by atoms with Crippen molar-refractivity contribution in [2.75, 3.05) is 6.61 Å². The van der Waals surface area contributed by atoms with E-state index in [9.17, 15) is 4.79 Å². The smallest absolute Gasteiger partial charge is 0.348 e. The maximum atomic E-state index is 11.7. The Morgan fingerprint density at radius 2 is 1.59 bits per heavy atom. The summed E-state index contributed by atoms with van der Waals surface area (Å²) >= 11 is 0. The minimum atomic E-state index is -0.384. The molecule has 0 fully saturated rings. The van der Waals surface area contributed by atoms with Crippen molar-refractivity contribution >= 4 is 12.2 Å². The molecule has 0 saturated heterocycles. The van der Waals surface area contributed by atoms with Gasteiger partial charge in [-0.25, -0.2) is 4.79 Å². The molecular weight excluding hydrogens is 274 g/mol. The van der Waals surface area contributed by atoms with Crippen molar-refractivity contribution in [2.45, 2.75) is 25.8 Å². The predicted molar refractivity (Wildman–Crippen MR) is 89.1 cm³/mol. The molecule has 2 aromatic rings. The van der Waals surface area contributed by atoms with Gasteiger partial charge in [-0.2, -0.15) is 0 Å². The SMILES string of the molecule is CCCCOC(=O)C=NC(c1ccccc1)c1ccccc1. The molecule has 0 amide bonds. The highest BCUT2D eigenvalue weighted by Crippen LogP contribution is 2.25. The van der Waals surface area contributed by atoms with Crippen LogP contribution in [0.25, 0.3) is 0 Å². The van der Waals surface area contributed by atoms with Gasteiger partial charge in [-0.1, -0.05) is 74.0 Å². The number of unbranched alkanes of at least 4 members (excludes halogenated alkanes) is 1. The monoisotopic (exact) mass is 295 g/mol. The summed E-state index contributed by atoms with van der Waals surface area (Å²) in [6, 6.07) is 19.7. The molecule has 0 bridgehead atoms. The molecule has 2 rings (SSSR count). The van der Waals surface area contributed by atoms with Crippen LogP contribution in [0.4, 0.5) is 0 Å². The third-order valence-electron chi connectivity index (χ3n) is 3.30. The van der Waals surface area contributed by atoms with Crippen LogP contribution in [0, 0.1) is 0 Å². The van der Waals surface area contributed by atoms with Gasteiger partial charge in [0.25, 0.3) is 0 Å². The molecule has 0 aliphatic heterocycles. The molecule has 0 aromatic heterocycles. The van der Waals surface area contributed by atoms with E-state index in [4.69, 9.17) is 4.74 Å². The van der Waals surface area contributed by atoms with Crippen LogP contribution in [0.5, 0.6) is 0 Å². The van der Waals surface area contributed by atoms with Gasteiger partial charge in [0.1, 0.15) is 12.3 Å². The Kier molecular flexibility index (Phi) is 6.37. The summed E-state index contributed by atoms with van der Waals surface area (Å²) in [6.45, 7) is 2.51. The van der Waals surface area contributed by atoms with Gasteiger partial charge in [0, 0.05) is 0 Å². The van der Waals surface area contributed by atoms with E-state index in [1.165, 1.54) is 6.21 Å². The molecule has 2 aromatic carbocycles. The Balaban J connectivity index is 2.14. The summed E-state index contributed by atoms with van der Waals surface area (Å²) in [5.74, 6) is -0.384.